The van der Waals surface area contributed by atoms with Gasteiger partial charge < -0.3 is 32.8 Å². The molecule has 3 unspecified atom stereocenters. The lowest BCUT2D eigenvalue weighted by atomic mass is 10.00. The number of carbonyl (C=O) groups is 1. The van der Waals surface area contributed by atoms with Crippen LogP contribution in [0.1, 0.15) is 73.3 Å². The lowest BCUT2D eigenvalue weighted by Gasteiger charge is -2.39. The van der Waals surface area contributed by atoms with Crippen LogP contribution in [0.15, 0.2) is 36.4 Å². The van der Waals surface area contributed by atoms with Gasteiger partial charge >= 0.3 is 0 Å². The number of carbonyl (C=O) groups excluding carboxylic acids is 1. The minimum absolute atomic E-state index is 0.0855. The topological polar surface area (TPSA) is 144 Å². The number of unbranched alkanes of at least 4 members (excludes halogenated alkanes) is 2. The highest BCUT2D eigenvalue weighted by Gasteiger charge is 2.34. The first-order valence-corrected chi connectivity index (χ1v) is 32.1. The molecule has 0 spiro atoms. The van der Waals surface area contributed by atoms with E-state index in [4.69, 9.17) is 22.6 Å². The SMILES string of the molecule is CCOc1c(CO)cccc1CN(CC(CCCCCC(=O)CCOCCOC)N(Cc1cccc(CO)c1C)CP(C)(=O)O[Si](C)(C)C)CP(C)(=O)O[Si](C)(C)C. The highest BCUT2D eigenvalue weighted by molar-refractivity contribution is 7.59. The van der Waals surface area contributed by atoms with Crippen LogP contribution in [0.4, 0.5) is 0 Å². The zero-order chi connectivity index (χ0) is 43.6. The maximum absolute atomic E-state index is 14.5. The Morgan fingerprint density at radius 3 is 1.93 bits per heavy atom. The Labute approximate surface area is 352 Å². The number of aliphatic hydroxyl groups is 2. The lowest BCUT2D eigenvalue weighted by Crippen LogP contribution is -2.45. The minimum Gasteiger partial charge on any atom is -0.493 e. The van der Waals surface area contributed by atoms with Gasteiger partial charge in [-0.1, -0.05) is 49.2 Å². The van der Waals surface area contributed by atoms with E-state index in [9.17, 15) is 24.1 Å². The number of aliphatic hydroxyl groups excluding tert-OH is 2. The Bertz CT molecular complexity index is 1640. The molecule has 0 bridgehead atoms. The molecule has 0 saturated carbocycles. The Kier molecular flexibility index (Phi) is 23.1. The molecule has 0 aliphatic rings. The molecule has 0 radical (unpaired) electrons. The van der Waals surface area contributed by atoms with E-state index in [1.807, 2.05) is 83.5 Å². The van der Waals surface area contributed by atoms with Crippen LogP contribution < -0.4 is 4.74 Å². The van der Waals surface area contributed by atoms with E-state index in [2.05, 4.69) is 15.9 Å². The summed E-state index contributed by atoms with van der Waals surface area (Å²) in [4.78, 5) is 17.1. The van der Waals surface area contributed by atoms with Crippen LogP contribution in [-0.4, -0.2) is 114 Å². The van der Waals surface area contributed by atoms with Crippen molar-refractivity contribution in [1.29, 1.82) is 0 Å². The molecule has 12 nitrogen and oxygen atoms in total. The number of hydrogen-bond acceptors (Lipinski definition) is 12. The van der Waals surface area contributed by atoms with E-state index in [1.165, 1.54) is 0 Å². The fraction of sp³-hybridized carbons (Fsp3) is 0.690. The molecular formula is C42H76N2O10P2Si2. The fourth-order valence-electron chi connectivity index (χ4n) is 7.25. The molecule has 0 aromatic heterocycles. The van der Waals surface area contributed by atoms with Crippen LogP contribution in [0.5, 0.6) is 5.75 Å². The summed E-state index contributed by atoms with van der Waals surface area (Å²) in [6, 6.07) is 11.5. The summed E-state index contributed by atoms with van der Waals surface area (Å²) in [5, 5.41) is 20.4. The second-order valence-corrected chi connectivity index (χ2v) is 32.0. The highest BCUT2D eigenvalue weighted by Crippen LogP contribution is 2.49. The molecule has 0 fully saturated rings. The summed E-state index contributed by atoms with van der Waals surface area (Å²) in [5.74, 6) is 0.794. The van der Waals surface area contributed by atoms with Gasteiger partial charge in [0.15, 0.2) is 16.6 Å². The predicted octanol–water partition coefficient (Wildman–Crippen LogP) is 9.06. The summed E-state index contributed by atoms with van der Waals surface area (Å²) in [7, 11) is -9.06. The highest BCUT2D eigenvalue weighted by atomic mass is 31.2. The molecule has 2 aromatic rings. The molecule has 16 heteroatoms. The average Bonchev–Trinajstić information content (AvgIpc) is 3.09. The molecule has 3 atom stereocenters. The molecule has 332 valence electrons. The van der Waals surface area contributed by atoms with Crippen LogP contribution >= 0.6 is 14.7 Å². The molecule has 2 rings (SSSR count). The van der Waals surface area contributed by atoms with E-state index in [0.717, 1.165) is 41.5 Å². The number of Topliss-reactive ketones (excluding diaryl/α,β-unsaturated/α-hetero) is 1. The van der Waals surface area contributed by atoms with Crippen LogP contribution in [0.3, 0.4) is 0 Å². The van der Waals surface area contributed by atoms with Crippen molar-refractivity contribution >= 4 is 37.2 Å². The molecule has 0 saturated heterocycles. The Morgan fingerprint density at radius 2 is 1.34 bits per heavy atom. The number of ether oxygens (including phenoxy) is 3. The number of nitrogens with zero attached hydrogens (tertiary/aromatic N) is 2. The van der Waals surface area contributed by atoms with Crippen molar-refractivity contribution in [1.82, 2.24) is 9.80 Å². The van der Waals surface area contributed by atoms with Crippen LogP contribution in [0, 0.1) is 6.92 Å². The van der Waals surface area contributed by atoms with Gasteiger partial charge in [-0.2, -0.15) is 0 Å². The van der Waals surface area contributed by atoms with Gasteiger partial charge in [0.25, 0.3) is 0 Å². The Balaban J connectivity index is 2.62. The number of rotatable bonds is 31. The van der Waals surface area contributed by atoms with Gasteiger partial charge in [0.2, 0.25) is 14.7 Å². The zero-order valence-electron chi connectivity index (χ0n) is 37.5. The minimum atomic E-state index is -3.14. The van der Waals surface area contributed by atoms with Gasteiger partial charge in [0, 0.05) is 70.1 Å². The van der Waals surface area contributed by atoms with Gasteiger partial charge in [-0.3, -0.25) is 23.7 Å². The third-order valence-electron chi connectivity index (χ3n) is 9.40. The van der Waals surface area contributed by atoms with Crippen molar-refractivity contribution in [3.8, 4) is 5.75 Å². The van der Waals surface area contributed by atoms with Crippen LogP contribution in [-0.2, 0) is 58.1 Å². The van der Waals surface area contributed by atoms with E-state index in [-0.39, 0.29) is 37.6 Å². The van der Waals surface area contributed by atoms with E-state index in [0.29, 0.717) is 76.6 Å². The Hall–Kier alpha value is -1.52. The lowest BCUT2D eigenvalue weighted by molar-refractivity contribution is -0.120. The molecular weight excluding hydrogens is 811 g/mol. The molecule has 2 aromatic carbocycles. The van der Waals surface area contributed by atoms with Crippen molar-refractivity contribution in [2.24, 2.45) is 0 Å². The first-order chi connectivity index (χ1) is 27.1. The standard InChI is InChI=1S/C42H76N2O10P2Si2/c1-12-52-42-37(19-17-21-39(42)32-46)28-43(33-55(4,48)53-57(6,7)8)30-40(22-14-13-15-23-41(47)24-25-51-27-26-50-3)44(34-56(5,49)54-58(9,10)11)29-36-18-16-20-38(31-45)35(36)2/h16-21,40,45-46H,12-15,22-34H2,1-11H3. The molecule has 58 heavy (non-hydrogen) atoms. The smallest absolute Gasteiger partial charge is 0.204 e. The number of benzene rings is 2. The third kappa shape index (κ3) is 20.8. The van der Waals surface area contributed by atoms with Crippen molar-refractivity contribution in [2.75, 3.05) is 66.0 Å². The molecule has 2 N–H and O–H groups in total. The quantitative estimate of drug-likeness (QED) is 0.0424. The average molecular weight is 887 g/mol. The number of para-hydroxylation sites is 1. The fourth-order valence-corrected chi connectivity index (χ4v) is 18.9. The maximum atomic E-state index is 14.5. The van der Waals surface area contributed by atoms with Crippen molar-refractivity contribution in [3.63, 3.8) is 0 Å². The van der Waals surface area contributed by atoms with Crippen molar-refractivity contribution in [2.45, 2.75) is 124 Å². The molecule has 0 heterocycles. The van der Waals surface area contributed by atoms with Gasteiger partial charge in [0.05, 0.1) is 52.2 Å². The monoisotopic (exact) mass is 886 g/mol. The largest absolute Gasteiger partial charge is 0.493 e. The summed E-state index contributed by atoms with van der Waals surface area (Å²) in [5.41, 5.74) is 4.39. The van der Waals surface area contributed by atoms with Gasteiger partial charge in [-0.15, -0.1) is 0 Å². The zero-order valence-corrected chi connectivity index (χ0v) is 41.3. The van der Waals surface area contributed by atoms with E-state index in [1.54, 1.807) is 20.4 Å². The van der Waals surface area contributed by atoms with Crippen LogP contribution in [0.2, 0.25) is 39.3 Å². The summed E-state index contributed by atoms with van der Waals surface area (Å²) in [6.07, 6.45) is 4.35. The summed E-state index contributed by atoms with van der Waals surface area (Å²) >= 11 is 0. The van der Waals surface area contributed by atoms with Gasteiger partial charge in [0.1, 0.15) is 11.5 Å². The first-order valence-electron chi connectivity index (χ1n) is 20.7. The second-order valence-electron chi connectivity index (χ2n) is 17.5. The number of methoxy groups -OCH3 is 1. The molecule has 0 amide bonds. The summed E-state index contributed by atoms with van der Waals surface area (Å²) in [6.45, 7) is 22.4. The molecule has 0 aliphatic carbocycles. The predicted molar refractivity (Wildman–Crippen MR) is 241 cm³/mol. The van der Waals surface area contributed by atoms with Gasteiger partial charge in [-0.25, -0.2) is 0 Å². The van der Waals surface area contributed by atoms with Crippen LogP contribution in [0.25, 0.3) is 0 Å². The third-order valence-corrected chi connectivity index (χ3v) is 18.7. The number of hydrogen-bond donors (Lipinski definition) is 2. The first kappa shape index (κ1) is 52.6. The molecule has 0 aliphatic heterocycles. The number of ketones is 1. The van der Waals surface area contributed by atoms with E-state index < -0.39 is 31.4 Å². The van der Waals surface area contributed by atoms with Gasteiger partial charge in [-0.05, 0) is 82.7 Å². The summed E-state index contributed by atoms with van der Waals surface area (Å²) < 4.78 is 58.2. The Morgan fingerprint density at radius 1 is 0.759 bits per heavy atom. The second kappa shape index (κ2) is 25.4. The van der Waals surface area contributed by atoms with Crippen molar-refractivity contribution < 1.29 is 46.8 Å². The van der Waals surface area contributed by atoms with E-state index >= 15 is 0 Å². The normalized spacial score (nSPS) is 15.1. The maximum Gasteiger partial charge on any atom is 0.204 e. The van der Waals surface area contributed by atoms with Crippen molar-refractivity contribution in [3.05, 3.63) is 64.2 Å².